The van der Waals surface area contributed by atoms with Gasteiger partial charge < -0.3 is 5.32 Å². The molecule has 0 aliphatic heterocycles. The number of nitrogens with one attached hydrogen (secondary N) is 2. The number of hydrogen-bond acceptors (Lipinski definition) is 3. The first-order valence-corrected chi connectivity index (χ1v) is 7.01. The monoisotopic (exact) mass is 234 g/mol. The van der Waals surface area contributed by atoms with Gasteiger partial charge in [-0.2, -0.15) is 0 Å². The van der Waals surface area contributed by atoms with Crippen LogP contribution in [0.2, 0.25) is 0 Å². The molecule has 88 valence electrons. The summed E-state index contributed by atoms with van der Waals surface area (Å²) in [5, 5.41) is 2.79. The zero-order valence-corrected chi connectivity index (χ0v) is 9.93. The standard InChI is InChI=1S/C9H18N2O3S/c1-7-6-8(7)9(12)10-4-3-5-11-15(2,13)14/h7-8,11H,3-6H2,1-2H3,(H,10,12)/t7-,8+/m1/s1. The fourth-order valence-corrected chi connectivity index (χ4v) is 1.89. The third-order valence-corrected chi connectivity index (χ3v) is 3.19. The van der Waals surface area contributed by atoms with E-state index in [0.29, 0.717) is 25.4 Å². The van der Waals surface area contributed by atoms with Crippen molar-refractivity contribution in [2.75, 3.05) is 19.3 Å². The largest absolute Gasteiger partial charge is 0.356 e. The Labute approximate surface area is 90.7 Å². The van der Waals surface area contributed by atoms with Crippen LogP contribution in [-0.4, -0.2) is 33.7 Å². The first-order chi connectivity index (χ1) is 6.90. The van der Waals surface area contributed by atoms with Gasteiger partial charge >= 0.3 is 0 Å². The summed E-state index contributed by atoms with van der Waals surface area (Å²) in [5.41, 5.74) is 0. The zero-order valence-electron chi connectivity index (χ0n) is 9.12. The molecular weight excluding hydrogens is 216 g/mol. The third kappa shape index (κ3) is 5.13. The Morgan fingerprint density at radius 1 is 1.40 bits per heavy atom. The average molecular weight is 234 g/mol. The van der Waals surface area contributed by atoms with Crippen LogP contribution in [-0.2, 0) is 14.8 Å². The van der Waals surface area contributed by atoms with Crippen LogP contribution >= 0.6 is 0 Å². The van der Waals surface area contributed by atoms with Crippen molar-refractivity contribution in [3.8, 4) is 0 Å². The van der Waals surface area contributed by atoms with E-state index in [1.54, 1.807) is 0 Å². The molecule has 0 aromatic carbocycles. The molecule has 1 saturated carbocycles. The molecule has 1 amide bonds. The lowest BCUT2D eigenvalue weighted by Gasteiger charge is -2.04. The number of amides is 1. The Hall–Kier alpha value is -0.620. The average Bonchev–Trinajstić information content (AvgIpc) is 2.80. The molecule has 0 aromatic heterocycles. The van der Waals surface area contributed by atoms with Crippen LogP contribution in [0.4, 0.5) is 0 Å². The first-order valence-electron chi connectivity index (χ1n) is 5.12. The predicted molar refractivity (Wildman–Crippen MR) is 57.7 cm³/mol. The second-order valence-electron chi connectivity index (χ2n) is 4.13. The number of rotatable bonds is 6. The van der Waals surface area contributed by atoms with Crippen molar-refractivity contribution in [2.24, 2.45) is 11.8 Å². The fourth-order valence-electron chi connectivity index (χ4n) is 1.38. The summed E-state index contributed by atoms with van der Waals surface area (Å²) in [4.78, 5) is 11.3. The second kappa shape index (κ2) is 4.94. The van der Waals surface area contributed by atoms with Crippen molar-refractivity contribution in [3.63, 3.8) is 0 Å². The molecule has 0 unspecified atom stereocenters. The SMILES string of the molecule is C[C@@H]1C[C@@H]1C(=O)NCCCNS(C)(=O)=O. The quantitative estimate of drug-likeness (QED) is 0.619. The van der Waals surface area contributed by atoms with E-state index in [2.05, 4.69) is 17.0 Å². The topological polar surface area (TPSA) is 75.3 Å². The molecule has 0 spiro atoms. The van der Waals surface area contributed by atoms with E-state index in [1.165, 1.54) is 0 Å². The van der Waals surface area contributed by atoms with Crippen LogP contribution in [0.1, 0.15) is 19.8 Å². The van der Waals surface area contributed by atoms with Crippen LogP contribution in [0, 0.1) is 11.8 Å². The number of hydrogen-bond donors (Lipinski definition) is 2. The van der Waals surface area contributed by atoms with Crippen LogP contribution < -0.4 is 10.0 Å². The van der Waals surface area contributed by atoms with E-state index in [9.17, 15) is 13.2 Å². The van der Waals surface area contributed by atoms with Crippen molar-refractivity contribution < 1.29 is 13.2 Å². The van der Waals surface area contributed by atoms with Crippen LogP contribution in [0.25, 0.3) is 0 Å². The molecule has 0 radical (unpaired) electrons. The van der Waals surface area contributed by atoms with Gasteiger partial charge in [0.1, 0.15) is 0 Å². The molecular formula is C9H18N2O3S. The fraction of sp³-hybridized carbons (Fsp3) is 0.889. The first kappa shape index (κ1) is 12.4. The second-order valence-corrected chi connectivity index (χ2v) is 5.96. The smallest absolute Gasteiger partial charge is 0.223 e. The van der Waals surface area contributed by atoms with Crippen LogP contribution in [0.5, 0.6) is 0 Å². The molecule has 6 heteroatoms. The lowest BCUT2D eigenvalue weighted by molar-refractivity contribution is -0.122. The van der Waals surface area contributed by atoms with Crippen LogP contribution in [0.3, 0.4) is 0 Å². The molecule has 0 bridgehead atoms. The van der Waals surface area contributed by atoms with Gasteiger partial charge in [0.2, 0.25) is 15.9 Å². The summed E-state index contributed by atoms with van der Waals surface area (Å²) >= 11 is 0. The van der Waals surface area contributed by atoms with Gasteiger partial charge in [-0.1, -0.05) is 6.92 Å². The van der Waals surface area contributed by atoms with E-state index >= 15 is 0 Å². The van der Waals surface area contributed by atoms with E-state index in [1.807, 2.05) is 0 Å². The lowest BCUT2D eigenvalue weighted by Crippen LogP contribution is -2.30. The van der Waals surface area contributed by atoms with Gasteiger partial charge in [0.25, 0.3) is 0 Å². The number of carbonyl (C=O) groups excluding carboxylic acids is 1. The normalized spacial score (nSPS) is 24.9. The molecule has 0 heterocycles. The number of carbonyl (C=O) groups is 1. The van der Waals surface area contributed by atoms with Crippen LogP contribution in [0.15, 0.2) is 0 Å². The Morgan fingerprint density at radius 2 is 2.00 bits per heavy atom. The van der Waals surface area contributed by atoms with Crippen molar-refractivity contribution in [1.29, 1.82) is 0 Å². The molecule has 1 rings (SSSR count). The molecule has 1 aliphatic carbocycles. The maximum atomic E-state index is 11.3. The van der Waals surface area contributed by atoms with Crippen molar-refractivity contribution in [1.82, 2.24) is 10.0 Å². The summed E-state index contributed by atoms with van der Waals surface area (Å²) in [6.07, 6.45) is 2.73. The highest BCUT2D eigenvalue weighted by molar-refractivity contribution is 7.88. The lowest BCUT2D eigenvalue weighted by atomic mass is 10.3. The van der Waals surface area contributed by atoms with Gasteiger partial charge in [0.15, 0.2) is 0 Å². The summed E-state index contributed by atoms with van der Waals surface area (Å²) in [6.45, 7) is 2.96. The number of sulfonamides is 1. The van der Waals surface area contributed by atoms with Gasteiger partial charge in [0, 0.05) is 19.0 Å². The minimum Gasteiger partial charge on any atom is -0.356 e. The predicted octanol–water partition coefficient (Wildman–Crippen LogP) is -0.302. The Kier molecular flexibility index (Phi) is 4.10. The van der Waals surface area contributed by atoms with Gasteiger partial charge in [0.05, 0.1) is 6.26 Å². The van der Waals surface area contributed by atoms with Gasteiger partial charge in [-0.05, 0) is 18.8 Å². The van der Waals surface area contributed by atoms with E-state index in [-0.39, 0.29) is 11.8 Å². The highest BCUT2D eigenvalue weighted by Gasteiger charge is 2.38. The Morgan fingerprint density at radius 3 is 2.47 bits per heavy atom. The van der Waals surface area contributed by atoms with Crippen molar-refractivity contribution >= 4 is 15.9 Å². The van der Waals surface area contributed by atoms with E-state index in [4.69, 9.17) is 0 Å². The Balaban J connectivity index is 2.00. The summed E-state index contributed by atoms with van der Waals surface area (Å²) in [7, 11) is -3.10. The van der Waals surface area contributed by atoms with Gasteiger partial charge in [-0.3, -0.25) is 4.79 Å². The summed E-state index contributed by atoms with van der Waals surface area (Å²) < 4.78 is 23.8. The van der Waals surface area contributed by atoms with E-state index < -0.39 is 10.0 Å². The maximum absolute atomic E-state index is 11.3. The summed E-state index contributed by atoms with van der Waals surface area (Å²) in [5.74, 6) is 0.800. The highest BCUT2D eigenvalue weighted by Crippen LogP contribution is 2.37. The highest BCUT2D eigenvalue weighted by atomic mass is 32.2. The minimum absolute atomic E-state index is 0.0989. The van der Waals surface area contributed by atoms with Crippen molar-refractivity contribution in [2.45, 2.75) is 19.8 Å². The van der Waals surface area contributed by atoms with Gasteiger partial charge in [-0.15, -0.1) is 0 Å². The molecule has 2 N–H and O–H groups in total. The molecule has 1 aliphatic rings. The third-order valence-electron chi connectivity index (χ3n) is 2.46. The Bertz CT molecular complexity index is 326. The molecule has 0 aromatic rings. The minimum atomic E-state index is -3.10. The molecule has 1 fully saturated rings. The maximum Gasteiger partial charge on any atom is 0.223 e. The zero-order chi connectivity index (χ0) is 11.5. The van der Waals surface area contributed by atoms with Gasteiger partial charge in [-0.25, -0.2) is 13.1 Å². The molecule has 0 saturated heterocycles. The van der Waals surface area contributed by atoms with E-state index in [0.717, 1.165) is 12.7 Å². The molecule has 15 heavy (non-hydrogen) atoms. The summed E-state index contributed by atoms with van der Waals surface area (Å²) in [6, 6.07) is 0. The molecule has 5 nitrogen and oxygen atoms in total. The van der Waals surface area contributed by atoms with Crippen molar-refractivity contribution in [3.05, 3.63) is 0 Å². The molecule has 2 atom stereocenters.